The number of nitriles is 1. The van der Waals surface area contributed by atoms with Crippen LogP contribution in [-0.2, 0) is 0 Å². The monoisotopic (exact) mass is 378 g/mol. The number of benzene rings is 2. The molecule has 8 heteroatoms. The first-order chi connectivity index (χ1) is 14.2. The van der Waals surface area contributed by atoms with Crippen LogP contribution in [-0.4, -0.2) is 30.0 Å². The summed E-state index contributed by atoms with van der Waals surface area (Å²) in [4.78, 5) is 9.02. The Labute approximate surface area is 165 Å². The van der Waals surface area contributed by atoms with Gasteiger partial charge >= 0.3 is 0 Å². The van der Waals surface area contributed by atoms with Crippen LogP contribution in [0.15, 0.2) is 54.7 Å². The van der Waals surface area contributed by atoms with E-state index < -0.39 is 0 Å². The molecule has 0 saturated heterocycles. The zero-order valence-corrected chi connectivity index (χ0v) is 15.4. The van der Waals surface area contributed by atoms with Crippen molar-refractivity contribution in [2.75, 3.05) is 5.73 Å². The summed E-state index contributed by atoms with van der Waals surface area (Å²) < 4.78 is 1.60. The van der Waals surface area contributed by atoms with Crippen LogP contribution < -0.4 is 5.73 Å². The van der Waals surface area contributed by atoms with Gasteiger partial charge in [0, 0.05) is 22.7 Å². The molecule has 0 bridgehead atoms. The van der Waals surface area contributed by atoms with Gasteiger partial charge in [0.25, 0.3) is 0 Å². The highest BCUT2D eigenvalue weighted by atomic mass is 15.5. The zero-order valence-electron chi connectivity index (χ0n) is 15.4. The SMILES string of the molecule is Cc1ccnc2ccc(-c3c(-c4ccc(C#N)cc4)nc(N)c4nnnn34)cc12. The van der Waals surface area contributed by atoms with Gasteiger partial charge in [-0.3, -0.25) is 4.98 Å². The summed E-state index contributed by atoms with van der Waals surface area (Å²) in [6.45, 7) is 2.04. The Morgan fingerprint density at radius 3 is 2.62 bits per heavy atom. The smallest absolute Gasteiger partial charge is 0.222 e. The van der Waals surface area contributed by atoms with E-state index in [0.717, 1.165) is 27.6 Å². The quantitative estimate of drug-likeness (QED) is 0.501. The minimum atomic E-state index is 0.233. The summed E-state index contributed by atoms with van der Waals surface area (Å²) in [5.41, 5.74) is 12.2. The number of aryl methyl sites for hydroxylation is 1. The highest BCUT2D eigenvalue weighted by molar-refractivity contribution is 5.90. The number of nitrogens with two attached hydrogens (primary N) is 1. The molecule has 0 saturated carbocycles. The Kier molecular flexibility index (Phi) is 3.67. The molecule has 3 heterocycles. The lowest BCUT2D eigenvalue weighted by atomic mass is 10.00. The van der Waals surface area contributed by atoms with Gasteiger partial charge in [-0.15, -0.1) is 5.10 Å². The van der Waals surface area contributed by atoms with Gasteiger partial charge in [0.1, 0.15) is 5.69 Å². The van der Waals surface area contributed by atoms with Crippen molar-refractivity contribution in [3.05, 3.63) is 65.9 Å². The summed E-state index contributed by atoms with van der Waals surface area (Å²) in [5.74, 6) is 0.233. The van der Waals surface area contributed by atoms with E-state index in [1.165, 1.54) is 0 Å². The van der Waals surface area contributed by atoms with E-state index in [4.69, 9.17) is 11.0 Å². The minimum Gasteiger partial charge on any atom is -0.380 e. The van der Waals surface area contributed by atoms with Crippen molar-refractivity contribution in [1.29, 1.82) is 5.26 Å². The maximum atomic E-state index is 9.09. The van der Waals surface area contributed by atoms with Crippen molar-refractivity contribution in [3.8, 4) is 28.6 Å². The number of aromatic nitrogens is 6. The van der Waals surface area contributed by atoms with E-state index in [-0.39, 0.29) is 5.82 Å². The average Bonchev–Trinajstić information content (AvgIpc) is 3.24. The first-order valence-electron chi connectivity index (χ1n) is 8.89. The second-order valence-corrected chi connectivity index (χ2v) is 6.66. The molecule has 2 N–H and O–H groups in total. The van der Waals surface area contributed by atoms with E-state index in [2.05, 4.69) is 37.6 Å². The number of hydrogen-bond acceptors (Lipinski definition) is 7. The van der Waals surface area contributed by atoms with Gasteiger partial charge < -0.3 is 5.73 Å². The summed E-state index contributed by atoms with van der Waals surface area (Å²) >= 11 is 0. The molecule has 0 spiro atoms. The van der Waals surface area contributed by atoms with Gasteiger partial charge in [-0.2, -0.15) is 9.78 Å². The molecule has 0 atom stereocenters. The third kappa shape index (κ3) is 2.64. The fourth-order valence-electron chi connectivity index (χ4n) is 3.41. The number of pyridine rings is 1. The van der Waals surface area contributed by atoms with Crippen LogP contribution in [0.3, 0.4) is 0 Å². The molecule has 5 aromatic rings. The van der Waals surface area contributed by atoms with Gasteiger partial charge in [-0.05, 0) is 53.2 Å². The average molecular weight is 378 g/mol. The van der Waals surface area contributed by atoms with Crippen molar-refractivity contribution >= 4 is 22.4 Å². The largest absolute Gasteiger partial charge is 0.380 e. The lowest BCUT2D eigenvalue weighted by Gasteiger charge is -2.13. The van der Waals surface area contributed by atoms with Crippen LogP contribution in [0.4, 0.5) is 5.82 Å². The summed E-state index contributed by atoms with van der Waals surface area (Å²) in [6.07, 6.45) is 1.80. The van der Waals surface area contributed by atoms with Gasteiger partial charge in [-0.25, -0.2) is 4.98 Å². The highest BCUT2D eigenvalue weighted by Gasteiger charge is 2.19. The third-order valence-corrected chi connectivity index (χ3v) is 4.89. The topological polar surface area (TPSA) is 119 Å². The predicted octanol–water partition coefficient (Wildman–Crippen LogP) is 3.16. The number of tetrazole rings is 1. The molecule has 0 radical (unpaired) electrons. The standard InChI is InChI=1S/C21H14N8/c1-12-8-9-24-17-7-6-15(10-16(12)17)19-18(14-4-2-13(11-22)3-5-14)25-20(23)21-26-27-28-29(19)21/h2-10H,1H3,(H2,23,25). The van der Waals surface area contributed by atoms with E-state index in [9.17, 15) is 0 Å². The molecule has 3 aromatic heterocycles. The fraction of sp³-hybridized carbons (Fsp3) is 0.0476. The fourth-order valence-corrected chi connectivity index (χ4v) is 3.41. The molecule has 8 nitrogen and oxygen atoms in total. The molecule has 5 rings (SSSR count). The van der Waals surface area contributed by atoms with Crippen LogP contribution in [0.5, 0.6) is 0 Å². The Hall–Kier alpha value is -4.38. The van der Waals surface area contributed by atoms with E-state index in [0.29, 0.717) is 22.6 Å². The van der Waals surface area contributed by atoms with Gasteiger partial charge in [0.2, 0.25) is 5.65 Å². The Balaban J connectivity index is 1.84. The molecule has 0 aliphatic carbocycles. The molecule has 138 valence electrons. The van der Waals surface area contributed by atoms with Crippen LogP contribution >= 0.6 is 0 Å². The summed E-state index contributed by atoms with van der Waals surface area (Å²) in [7, 11) is 0. The van der Waals surface area contributed by atoms with Crippen molar-refractivity contribution in [3.63, 3.8) is 0 Å². The first kappa shape index (κ1) is 16.8. The predicted molar refractivity (Wildman–Crippen MR) is 109 cm³/mol. The number of nitrogens with zero attached hydrogens (tertiary/aromatic N) is 7. The Bertz CT molecular complexity index is 1430. The number of rotatable bonds is 2. The van der Waals surface area contributed by atoms with Crippen molar-refractivity contribution in [1.82, 2.24) is 30.0 Å². The maximum absolute atomic E-state index is 9.09. The van der Waals surface area contributed by atoms with Crippen molar-refractivity contribution in [2.45, 2.75) is 6.92 Å². The number of hydrogen-bond donors (Lipinski definition) is 1. The number of anilines is 1. The lowest BCUT2D eigenvalue weighted by molar-refractivity contribution is 0.827. The Morgan fingerprint density at radius 1 is 1.03 bits per heavy atom. The summed E-state index contributed by atoms with van der Waals surface area (Å²) in [6, 6.07) is 17.3. The molecule has 0 unspecified atom stereocenters. The Morgan fingerprint density at radius 2 is 1.83 bits per heavy atom. The van der Waals surface area contributed by atoms with E-state index >= 15 is 0 Å². The lowest BCUT2D eigenvalue weighted by Crippen LogP contribution is -2.05. The summed E-state index contributed by atoms with van der Waals surface area (Å²) in [5, 5.41) is 22.1. The van der Waals surface area contributed by atoms with E-state index in [1.54, 1.807) is 22.8 Å². The molecule has 0 amide bonds. The van der Waals surface area contributed by atoms with Gasteiger partial charge in [0.15, 0.2) is 5.82 Å². The number of fused-ring (bicyclic) bond motifs is 2. The molecule has 0 fully saturated rings. The molecule has 2 aromatic carbocycles. The maximum Gasteiger partial charge on any atom is 0.222 e. The van der Waals surface area contributed by atoms with Crippen molar-refractivity contribution in [2.24, 2.45) is 0 Å². The zero-order chi connectivity index (χ0) is 20.0. The normalized spacial score (nSPS) is 11.0. The van der Waals surface area contributed by atoms with Crippen LogP contribution in [0.2, 0.25) is 0 Å². The van der Waals surface area contributed by atoms with Crippen LogP contribution in [0.1, 0.15) is 11.1 Å². The molecular weight excluding hydrogens is 364 g/mol. The molecule has 0 aliphatic heterocycles. The second kappa shape index (κ2) is 6.35. The van der Waals surface area contributed by atoms with Crippen LogP contribution in [0.25, 0.3) is 39.1 Å². The molecule has 29 heavy (non-hydrogen) atoms. The third-order valence-electron chi connectivity index (χ3n) is 4.89. The minimum absolute atomic E-state index is 0.233. The van der Waals surface area contributed by atoms with E-state index in [1.807, 2.05) is 37.3 Å². The van der Waals surface area contributed by atoms with Gasteiger partial charge in [0.05, 0.1) is 22.8 Å². The number of nitrogen functional groups attached to an aromatic ring is 1. The second-order valence-electron chi connectivity index (χ2n) is 6.66. The van der Waals surface area contributed by atoms with Crippen LogP contribution in [0, 0.1) is 18.3 Å². The van der Waals surface area contributed by atoms with Crippen molar-refractivity contribution < 1.29 is 0 Å². The molecular formula is C21H14N8. The highest BCUT2D eigenvalue weighted by Crippen LogP contribution is 2.34. The first-order valence-corrected chi connectivity index (χ1v) is 8.89. The molecule has 0 aliphatic rings. The van der Waals surface area contributed by atoms with Gasteiger partial charge in [-0.1, -0.05) is 18.2 Å².